The number of allylic oxidation sites excluding steroid dienone is 14. The number of aliphatic hydroxyl groups is 3. The summed E-state index contributed by atoms with van der Waals surface area (Å²) in [4.78, 5) is 23.0. The summed E-state index contributed by atoms with van der Waals surface area (Å²) in [5.41, 5.74) is 6.83. The Balaban J connectivity index is 2.89. The topological polar surface area (TPSA) is 195 Å². The van der Waals surface area contributed by atoms with E-state index in [9.17, 15) is 30.0 Å². The molecule has 0 aromatic rings. The third-order valence-electron chi connectivity index (χ3n) is 8.58. The SMILES string of the molecule is CC(=O)/C(C)=C/C=C/C=C/C=C/C=C/C(C)C(OC1OC(C(=O)O)C(O)C(O)C1O)/C(C)=C/C(C)CCC/C=C/C(C)C/C=C/CCCNC(=N)N. The van der Waals surface area contributed by atoms with Crippen LogP contribution in [-0.4, -0.2) is 81.5 Å². The van der Waals surface area contributed by atoms with E-state index in [4.69, 9.17) is 20.6 Å². The van der Waals surface area contributed by atoms with Gasteiger partial charge in [0.1, 0.15) is 18.3 Å². The second kappa shape index (κ2) is 26.0. The zero-order valence-electron chi connectivity index (χ0n) is 31.7. The van der Waals surface area contributed by atoms with E-state index in [0.29, 0.717) is 18.0 Å². The number of nitrogens with one attached hydrogen (secondary N) is 2. The first-order valence-electron chi connectivity index (χ1n) is 18.2. The predicted octanol–water partition coefficient (Wildman–Crippen LogP) is 5.81. The van der Waals surface area contributed by atoms with Crippen molar-refractivity contribution in [3.8, 4) is 0 Å². The lowest BCUT2D eigenvalue weighted by atomic mass is 9.92. The number of aliphatic carboxylic acids is 1. The maximum absolute atomic E-state index is 11.7. The number of carbonyl (C=O) groups excluding carboxylic acids is 1. The van der Waals surface area contributed by atoms with Crippen molar-refractivity contribution in [2.24, 2.45) is 23.5 Å². The van der Waals surface area contributed by atoms with Gasteiger partial charge in [-0.05, 0) is 82.3 Å². The van der Waals surface area contributed by atoms with Crippen LogP contribution >= 0.6 is 0 Å². The van der Waals surface area contributed by atoms with Crippen LogP contribution in [0.2, 0.25) is 0 Å². The zero-order chi connectivity index (χ0) is 39.1. The number of rotatable bonds is 23. The Kier molecular flexibility index (Phi) is 23.1. The number of Topliss-reactive ketones (excluding diaryl/α,β-unsaturated/α-hetero) is 1. The van der Waals surface area contributed by atoms with Crippen molar-refractivity contribution in [1.29, 1.82) is 5.41 Å². The van der Waals surface area contributed by atoms with E-state index in [1.165, 1.54) is 6.92 Å². The van der Waals surface area contributed by atoms with Crippen LogP contribution < -0.4 is 11.1 Å². The highest BCUT2D eigenvalue weighted by Gasteiger charge is 2.48. The maximum Gasteiger partial charge on any atom is 0.335 e. The lowest BCUT2D eigenvalue weighted by molar-refractivity contribution is -0.303. The standard InChI is InChI=1S/C41H63N3O8/c1-28(21-15-12-13-20-26-44-41(42)43)22-16-14-17-23-29(2)27-32(5)37(51-40-36(48)34(46)35(47)38(52-40)39(49)50)31(4)25-19-11-9-7-8-10-18-24-30(3)33(6)45/h7-12,15-16,18-19,22,24-25,27-29,31,34-38,40,46-48H,13-14,17,20-21,23,26H2,1-6H3,(H,49,50)(H4,42,43,44)/b8-7+,11-9+,15-12+,18-10+,22-16+,25-19+,30-24+,32-27+. The van der Waals surface area contributed by atoms with E-state index in [1.807, 2.05) is 56.4 Å². The minimum absolute atomic E-state index is 0.00171. The third kappa shape index (κ3) is 19.1. The molecule has 290 valence electrons. The van der Waals surface area contributed by atoms with E-state index >= 15 is 0 Å². The van der Waals surface area contributed by atoms with Gasteiger partial charge in [-0.15, -0.1) is 0 Å². The molecule has 0 spiro atoms. The average Bonchev–Trinajstić information content (AvgIpc) is 3.08. The molecule has 1 aliphatic rings. The van der Waals surface area contributed by atoms with E-state index in [-0.39, 0.29) is 23.6 Å². The van der Waals surface area contributed by atoms with Crippen molar-refractivity contribution in [3.63, 3.8) is 0 Å². The second-order valence-corrected chi connectivity index (χ2v) is 13.5. The van der Waals surface area contributed by atoms with Crippen LogP contribution in [0.3, 0.4) is 0 Å². The van der Waals surface area contributed by atoms with Crippen LogP contribution in [-0.2, 0) is 19.1 Å². The van der Waals surface area contributed by atoms with Crippen LogP contribution in [0.15, 0.2) is 96.2 Å². The van der Waals surface area contributed by atoms with E-state index in [2.05, 4.69) is 49.5 Å². The molecule has 1 aliphatic heterocycles. The van der Waals surface area contributed by atoms with Gasteiger partial charge in [0, 0.05) is 12.5 Å². The monoisotopic (exact) mass is 725 g/mol. The van der Waals surface area contributed by atoms with Crippen LogP contribution in [0.5, 0.6) is 0 Å². The quantitative estimate of drug-likeness (QED) is 0.0169. The van der Waals surface area contributed by atoms with Crippen molar-refractivity contribution >= 4 is 17.7 Å². The number of ether oxygens (including phenoxy) is 2. The number of carboxylic acids is 1. The summed E-state index contributed by atoms with van der Waals surface area (Å²) < 4.78 is 11.6. The average molecular weight is 726 g/mol. The minimum Gasteiger partial charge on any atom is -0.479 e. The molecule has 0 radical (unpaired) electrons. The number of aliphatic hydroxyl groups excluding tert-OH is 3. The Morgan fingerprint density at radius 1 is 0.846 bits per heavy atom. The molecule has 0 amide bonds. The number of nitrogens with two attached hydrogens (primary N) is 1. The number of guanidine groups is 1. The van der Waals surface area contributed by atoms with Crippen LogP contribution in [0, 0.1) is 23.2 Å². The third-order valence-corrected chi connectivity index (χ3v) is 8.58. The van der Waals surface area contributed by atoms with Crippen LogP contribution in [0.4, 0.5) is 0 Å². The highest BCUT2D eigenvalue weighted by molar-refractivity contribution is 5.92. The lowest BCUT2D eigenvalue weighted by Gasteiger charge is -2.40. The zero-order valence-corrected chi connectivity index (χ0v) is 31.7. The van der Waals surface area contributed by atoms with Crippen molar-refractivity contribution in [2.45, 2.75) is 117 Å². The first-order chi connectivity index (χ1) is 24.6. The number of ketones is 1. The minimum atomic E-state index is -1.80. The fraction of sp³-hybridized carbons (Fsp3) is 0.537. The molecule has 9 unspecified atom stereocenters. The largest absolute Gasteiger partial charge is 0.479 e. The highest BCUT2D eigenvalue weighted by Crippen LogP contribution is 2.29. The first-order valence-corrected chi connectivity index (χ1v) is 18.2. The van der Waals surface area contributed by atoms with Crippen molar-refractivity contribution < 1.29 is 39.5 Å². The van der Waals surface area contributed by atoms with Crippen LogP contribution in [0.25, 0.3) is 0 Å². The Hall–Kier alpha value is -3.87. The Labute approximate surface area is 310 Å². The molecule has 0 aliphatic carbocycles. The molecule has 1 fully saturated rings. The summed E-state index contributed by atoms with van der Waals surface area (Å²) in [6.07, 6.45) is 24.1. The molecule has 1 rings (SSSR count). The van der Waals surface area contributed by atoms with Gasteiger partial charge in [0.25, 0.3) is 0 Å². The summed E-state index contributed by atoms with van der Waals surface area (Å²) in [6.45, 7) is 12.1. The summed E-state index contributed by atoms with van der Waals surface area (Å²) in [5.74, 6) is -1.04. The molecule has 11 heteroatoms. The van der Waals surface area contributed by atoms with E-state index in [1.54, 1.807) is 19.1 Å². The normalized spacial score (nSPS) is 24.4. The Morgan fingerprint density at radius 2 is 1.48 bits per heavy atom. The molecule has 9 atom stereocenters. The van der Waals surface area contributed by atoms with Gasteiger partial charge >= 0.3 is 5.97 Å². The fourth-order valence-electron chi connectivity index (χ4n) is 5.40. The molecule has 0 saturated carbocycles. The van der Waals surface area contributed by atoms with Gasteiger partial charge in [-0.3, -0.25) is 10.2 Å². The molecule has 1 saturated heterocycles. The van der Waals surface area contributed by atoms with E-state index in [0.717, 1.165) is 44.1 Å². The van der Waals surface area contributed by atoms with Gasteiger partial charge in [0.15, 0.2) is 24.1 Å². The molecule has 0 aromatic carbocycles. The highest BCUT2D eigenvalue weighted by atomic mass is 16.7. The summed E-state index contributed by atoms with van der Waals surface area (Å²) in [6, 6.07) is 0. The molecule has 52 heavy (non-hydrogen) atoms. The summed E-state index contributed by atoms with van der Waals surface area (Å²) in [7, 11) is 0. The van der Waals surface area contributed by atoms with Gasteiger partial charge in [0.2, 0.25) is 0 Å². The van der Waals surface area contributed by atoms with Gasteiger partial charge in [0.05, 0.1) is 6.10 Å². The number of carbonyl (C=O) groups is 2. The number of hydrogen-bond donors (Lipinski definition) is 7. The number of unbranched alkanes of at least 4 members (excludes halogenated alkanes) is 2. The second-order valence-electron chi connectivity index (χ2n) is 13.5. The number of hydrogen-bond acceptors (Lipinski definition) is 8. The molecule has 1 heterocycles. The van der Waals surface area contributed by atoms with Gasteiger partial charge in [-0.2, -0.15) is 0 Å². The smallest absolute Gasteiger partial charge is 0.335 e. The van der Waals surface area contributed by atoms with Crippen molar-refractivity contribution in [3.05, 3.63) is 96.2 Å². The lowest BCUT2D eigenvalue weighted by Crippen LogP contribution is -2.61. The molecule has 0 bridgehead atoms. The summed E-state index contributed by atoms with van der Waals surface area (Å²) in [5, 5.41) is 50.6. The Morgan fingerprint density at radius 3 is 2.12 bits per heavy atom. The van der Waals surface area contributed by atoms with Gasteiger partial charge in [-0.1, -0.05) is 106 Å². The van der Waals surface area contributed by atoms with Gasteiger partial charge in [-0.25, -0.2) is 4.79 Å². The molecular formula is C41H63N3O8. The fourth-order valence-corrected chi connectivity index (χ4v) is 5.40. The van der Waals surface area contributed by atoms with Crippen molar-refractivity contribution in [1.82, 2.24) is 5.32 Å². The predicted molar refractivity (Wildman–Crippen MR) is 207 cm³/mol. The molecule has 11 nitrogen and oxygen atoms in total. The number of carboxylic acid groups (broad SMARTS) is 1. The molecule has 0 aromatic heterocycles. The van der Waals surface area contributed by atoms with Gasteiger partial charge < -0.3 is 41.0 Å². The summed E-state index contributed by atoms with van der Waals surface area (Å²) >= 11 is 0. The van der Waals surface area contributed by atoms with Crippen LogP contribution in [0.1, 0.15) is 80.1 Å². The van der Waals surface area contributed by atoms with E-state index < -0.39 is 42.8 Å². The molecule has 8 N–H and O–H groups in total. The first kappa shape index (κ1) is 46.2. The Bertz CT molecular complexity index is 1340. The molecular weight excluding hydrogens is 662 g/mol. The maximum atomic E-state index is 11.7. The van der Waals surface area contributed by atoms with Crippen molar-refractivity contribution in [2.75, 3.05) is 6.54 Å².